The van der Waals surface area contributed by atoms with E-state index in [-0.39, 0.29) is 8.69 Å². The first-order valence-electron chi connectivity index (χ1n) is 3.72. The van der Waals surface area contributed by atoms with Gasteiger partial charge in [-0.1, -0.05) is 17.7 Å². The number of aryl methyl sites for hydroxylation is 3. The highest BCUT2D eigenvalue weighted by Gasteiger charge is 2.04. The Morgan fingerprint density at radius 3 is 2.08 bits per heavy atom. The standard InChI is InChI=1S/C9H11O2P/c1-6-4-7(2)9(11-12-10)8(3)5-6/h4-5H,1-3H3. The number of hydrogen-bond donors (Lipinski definition) is 0. The second kappa shape index (κ2) is 3.68. The fourth-order valence-corrected chi connectivity index (χ4v) is 1.71. The molecule has 0 fully saturated rings. The molecule has 0 aliphatic heterocycles. The summed E-state index contributed by atoms with van der Waals surface area (Å²) in [6.45, 7) is 5.92. The second-order valence-electron chi connectivity index (χ2n) is 2.89. The van der Waals surface area contributed by atoms with Crippen LogP contribution < -0.4 is 4.52 Å². The predicted molar refractivity (Wildman–Crippen MR) is 48.9 cm³/mol. The van der Waals surface area contributed by atoms with Crippen molar-refractivity contribution in [3.05, 3.63) is 28.8 Å². The Labute approximate surface area is 73.8 Å². The second-order valence-corrected chi connectivity index (χ2v) is 3.23. The molecule has 12 heavy (non-hydrogen) atoms. The lowest BCUT2D eigenvalue weighted by Gasteiger charge is -2.06. The molecule has 1 aromatic rings. The molecule has 0 atom stereocenters. The lowest BCUT2D eigenvalue weighted by molar-refractivity contribution is 0.521. The molecule has 0 spiro atoms. The van der Waals surface area contributed by atoms with Crippen molar-refractivity contribution in [1.82, 2.24) is 0 Å². The minimum Gasteiger partial charge on any atom is -0.407 e. The first kappa shape index (κ1) is 9.21. The molecule has 0 saturated heterocycles. The first-order chi connectivity index (χ1) is 5.65. The highest BCUT2D eigenvalue weighted by molar-refractivity contribution is 7.17. The van der Waals surface area contributed by atoms with Crippen molar-refractivity contribution in [3.8, 4) is 5.75 Å². The lowest BCUT2D eigenvalue weighted by Crippen LogP contribution is -1.87. The van der Waals surface area contributed by atoms with Crippen molar-refractivity contribution < 1.29 is 9.09 Å². The lowest BCUT2D eigenvalue weighted by atomic mass is 10.1. The van der Waals surface area contributed by atoms with Crippen LogP contribution in [-0.4, -0.2) is 0 Å². The molecule has 0 heterocycles. The van der Waals surface area contributed by atoms with Gasteiger partial charge in [0.05, 0.1) is 0 Å². The topological polar surface area (TPSA) is 26.3 Å². The zero-order valence-corrected chi connectivity index (χ0v) is 8.31. The molecule has 0 unspecified atom stereocenters. The summed E-state index contributed by atoms with van der Waals surface area (Å²) in [5.41, 5.74) is 3.24. The van der Waals surface area contributed by atoms with Gasteiger partial charge in [-0.3, -0.25) is 0 Å². The minimum atomic E-state index is -0.293. The van der Waals surface area contributed by atoms with E-state index >= 15 is 0 Å². The van der Waals surface area contributed by atoms with E-state index < -0.39 is 0 Å². The van der Waals surface area contributed by atoms with Crippen LogP contribution in [0.25, 0.3) is 0 Å². The summed E-state index contributed by atoms with van der Waals surface area (Å²) in [6, 6.07) is 4.01. The van der Waals surface area contributed by atoms with Gasteiger partial charge in [-0.2, -0.15) is 0 Å². The van der Waals surface area contributed by atoms with Crippen LogP contribution in [0.5, 0.6) is 5.75 Å². The average molecular weight is 182 g/mol. The van der Waals surface area contributed by atoms with Crippen LogP contribution in [0.15, 0.2) is 12.1 Å². The Balaban J connectivity index is 3.18. The zero-order chi connectivity index (χ0) is 9.14. The minimum absolute atomic E-state index is 0.293. The van der Waals surface area contributed by atoms with Crippen LogP contribution in [0.1, 0.15) is 16.7 Å². The third kappa shape index (κ3) is 1.83. The predicted octanol–water partition coefficient (Wildman–Crippen LogP) is 3.20. The van der Waals surface area contributed by atoms with Gasteiger partial charge in [0.15, 0.2) is 0 Å². The molecule has 0 saturated carbocycles. The number of hydrogen-bond acceptors (Lipinski definition) is 2. The van der Waals surface area contributed by atoms with Crippen LogP contribution >= 0.6 is 8.69 Å². The maximum Gasteiger partial charge on any atom is 0.395 e. The van der Waals surface area contributed by atoms with Gasteiger partial charge in [0.2, 0.25) is 0 Å². The number of rotatable bonds is 2. The highest BCUT2D eigenvalue weighted by atomic mass is 31.1. The molecule has 3 heteroatoms. The van der Waals surface area contributed by atoms with Gasteiger partial charge in [0.1, 0.15) is 5.75 Å². The largest absolute Gasteiger partial charge is 0.407 e. The van der Waals surface area contributed by atoms with E-state index in [9.17, 15) is 4.57 Å². The van der Waals surface area contributed by atoms with Crippen LogP contribution in [0.3, 0.4) is 0 Å². The smallest absolute Gasteiger partial charge is 0.395 e. The van der Waals surface area contributed by atoms with E-state index in [0.29, 0.717) is 0 Å². The van der Waals surface area contributed by atoms with E-state index in [4.69, 9.17) is 4.52 Å². The molecule has 0 N–H and O–H groups in total. The highest BCUT2D eigenvalue weighted by Crippen LogP contribution is 2.26. The van der Waals surface area contributed by atoms with Gasteiger partial charge >= 0.3 is 8.69 Å². The quantitative estimate of drug-likeness (QED) is 0.656. The van der Waals surface area contributed by atoms with E-state index in [1.165, 1.54) is 5.56 Å². The molecular weight excluding hydrogens is 171 g/mol. The molecule has 0 aliphatic carbocycles. The van der Waals surface area contributed by atoms with E-state index in [1.54, 1.807) is 0 Å². The van der Waals surface area contributed by atoms with Gasteiger partial charge in [0, 0.05) is 0 Å². The van der Waals surface area contributed by atoms with Crippen molar-refractivity contribution in [2.45, 2.75) is 20.8 Å². The maximum atomic E-state index is 10.2. The summed E-state index contributed by atoms with van der Waals surface area (Å²) >= 11 is 0. The molecule has 1 rings (SSSR count). The summed E-state index contributed by atoms with van der Waals surface area (Å²) in [6.07, 6.45) is 0. The molecule has 2 nitrogen and oxygen atoms in total. The van der Waals surface area contributed by atoms with Crippen LogP contribution in [0, 0.1) is 20.8 Å². The average Bonchev–Trinajstić information content (AvgIpc) is 1.96. The summed E-state index contributed by atoms with van der Waals surface area (Å²) in [5, 5.41) is 0. The summed E-state index contributed by atoms with van der Waals surface area (Å²) in [7, 11) is -0.293. The Morgan fingerprint density at radius 2 is 1.67 bits per heavy atom. The van der Waals surface area contributed by atoms with Crippen molar-refractivity contribution in [3.63, 3.8) is 0 Å². The Hall–Kier alpha value is -0.880. The van der Waals surface area contributed by atoms with Crippen LogP contribution in [0.2, 0.25) is 0 Å². The summed E-state index contributed by atoms with van der Waals surface area (Å²) in [5.74, 6) is 0.720. The van der Waals surface area contributed by atoms with Crippen molar-refractivity contribution in [2.75, 3.05) is 0 Å². The van der Waals surface area contributed by atoms with E-state index in [2.05, 4.69) is 0 Å². The third-order valence-electron chi connectivity index (χ3n) is 1.73. The van der Waals surface area contributed by atoms with E-state index in [0.717, 1.165) is 16.9 Å². The molecular formula is C9H11O2P. The zero-order valence-electron chi connectivity index (χ0n) is 7.42. The third-order valence-corrected chi connectivity index (χ3v) is 1.99. The summed E-state index contributed by atoms with van der Waals surface area (Å²) in [4.78, 5) is 0. The number of benzene rings is 1. The van der Waals surface area contributed by atoms with Crippen molar-refractivity contribution in [2.24, 2.45) is 0 Å². The Kier molecular flexibility index (Phi) is 2.83. The molecule has 0 bridgehead atoms. The molecule has 0 aliphatic rings. The SMILES string of the molecule is Cc1cc(C)c(OP=O)c(C)c1. The van der Waals surface area contributed by atoms with Gasteiger partial charge in [0.25, 0.3) is 0 Å². The molecule has 1 aromatic carbocycles. The molecule has 0 radical (unpaired) electrons. The van der Waals surface area contributed by atoms with Gasteiger partial charge in [-0.25, -0.2) is 4.57 Å². The maximum absolute atomic E-state index is 10.2. The normalized spacial score (nSPS) is 10.2. The summed E-state index contributed by atoms with van der Waals surface area (Å²) < 4.78 is 15.2. The fourth-order valence-electron chi connectivity index (χ4n) is 1.35. The van der Waals surface area contributed by atoms with Gasteiger partial charge < -0.3 is 4.52 Å². The monoisotopic (exact) mass is 182 g/mol. The first-order valence-corrected chi connectivity index (χ1v) is 4.45. The molecule has 0 aromatic heterocycles. The Morgan fingerprint density at radius 1 is 1.17 bits per heavy atom. The van der Waals surface area contributed by atoms with Crippen molar-refractivity contribution in [1.29, 1.82) is 0 Å². The van der Waals surface area contributed by atoms with Crippen LogP contribution in [-0.2, 0) is 4.57 Å². The fraction of sp³-hybridized carbons (Fsp3) is 0.333. The van der Waals surface area contributed by atoms with E-state index in [1.807, 2.05) is 32.9 Å². The Bertz CT molecular complexity index is 284. The molecule has 0 amide bonds. The van der Waals surface area contributed by atoms with Gasteiger partial charge in [-0.15, -0.1) is 0 Å². The van der Waals surface area contributed by atoms with Crippen molar-refractivity contribution >= 4 is 8.69 Å². The van der Waals surface area contributed by atoms with Gasteiger partial charge in [-0.05, 0) is 31.9 Å². The molecule has 64 valence electrons. The van der Waals surface area contributed by atoms with Crippen LogP contribution in [0.4, 0.5) is 0 Å².